The smallest absolute Gasteiger partial charge is 0.338 e. The van der Waals surface area contributed by atoms with Gasteiger partial charge in [0.05, 0.1) is 17.6 Å². The molecule has 9 nitrogen and oxygen atoms in total. The van der Waals surface area contributed by atoms with Crippen molar-refractivity contribution in [2.24, 2.45) is 7.05 Å². The van der Waals surface area contributed by atoms with Gasteiger partial charge in [-0.05, 0) is 23.8 Å². The SMILES string of the molecule is COC(=O)c1cc(C(=O)NC(c2cccc(F)c2)c2nccn2C)cc([N+](=O)[O-])c1. The van der Waals surface area contributed by atoms with Crippen molar-refractivity contribution < 1.29 is 23.6 Å². The van der Waals surface area contributed by atoms with Crippen LogP contribution in [0.3, 0.4) is 0 Å². The molecule has 154 valence electrons. The Morgan fingerprint density at radius 1 is 1.23 bits per heavy atom. The molecular formula is C20H17FN4O5. The average Bonchev–Trinajstić information content (AvgIpc) is 3.16. The van der Waals surface area contributed by atoms with Gasteiger partial charge < -0.3 is 14.6 Å². The molecule has 0 aliphatic heterocycles. The normalized spacial score (nSPS) is 11.6. The maximum Gasteiger partial charge on any atom is 0.338 e. The molecule has 0 fully saturated rings. The second kappa shape index (κ2) is 8.52. The highest BCUT2D eigenvalue weighted by molar-refractivity contribution is 5.99. The fraction of sp³-hybridized carbons (Fsp3) is 0.150. The third kappa shape index (κ3) is 4.32. The summed E-state index contributed by atoms with van der Waals surface area (Å²) in [6.45, 7) is 0. The van der Waals surface area contributed by atoms with Crippen LogP contribution in [0.1, 0.15) is 38.1 Å². The highest BCUT2D eigenvalue weighted by Gasteiger charge is 2.24. The molecule has 1 unspecified atom stereocenters. The number of halogens is 1. The summed E-state index contributed by atoms with van der Waals surface area (Å²) in [7, 11) is 2.84. The number of carbonyl (C=O) groups is 2. The third-order valence-corrected chi connectivity index (χ3v) is 4.39. The summed E-state index contributed by atoms with van der Waals surface area (Å²) in [6.07, 6.45) is 3.19. The minimum Gasteiger partial charge on any atom is -0.465 e. The minimum absolute atomic E-state index is 0.125. The lowest BCUT2D eigenvalue weighted by Crippen LogP contribution is -2.31. The number of nitro benzene ring substituents is 1. The maximum atomic E-state index is 13.8. The van der Waals surface area contributed by atoms with Crippen molar-refractivity contribution in [3.8, 4) is 0 Å². The Bertz CT molecular complexity index is 1130. The molecule has 1 aromatic heterocycles. The van der Waals surface area contributed by atoms with Crippen molar-refractivity contribution in [1.82, 2.24) is 14.9 Å². The average molecular weight is 412 g/mol. The van der Waals surface area contributed by atoms with Crippen molar-refractivity contribution >= 4 is 17.6 Å². The number of hydrogen-bond donors (Lipinski definition) is 1. The molecule has 0 saturated heterocycles. The lowest BCUT2D eigenvalue weighted by molar-refractivity contribution is -0.384. The van der Waals surface area contributed by atoms with Crippen LogP contribution in [0, 0.1) is 15.9 Å². The van der Waals surface area contributed by atoms with Gasteiger partial charge in [0.15, 0.2) is 0 Å². The Labute approximate surface area is 170 Å². The number of amides is 1. The van der Waals surface area contributed by atoms with E-state index in [-0.39, 0.29) is 11.1 Å². The first-order chi connectivity index (χ1) is 14.3. The molecule has 10 heteroatoms. The molecule has 2 aromatic carbocycles. The molecule has 0 saturated carbocycles. The molecule has 3 rings (SSSR count). The zero-order chi connectivity index (χ0) is 21.8. The molecule has 1 heterocycles. The van der Waals surface area contributed by atoms with Crippen LogP contribution in [0.25, 0.3) is 0 Å². The molecule has 30 heavy (non-hydrogen) atoms. The summed E-state index contributed by atoms with van der Waals surface area (Å²) in [5, 5.41) is 13.9. The molecule has 1 N–H and O–H groups in total. The maximum absolute atomic E-state index is 13.8. The lowest BCUT2D eigenvalue weighted by atomic mass is 10.0. The molecule has 0 aliphatic rings. The van der Waals surface area contributed by atoms with E-state index in [9.17, 15) is 24.1 Å². The Morgan fingerprint density at radius 3 is 2.57 bits per heavy atom. The summed E-state index contributed by atoms with van der Waals surface area (Å²) in [6, 6.07) is 8.06. The number of esters is 1. The summed E-state index contributed by atoms with van der Waals surface area (Å²) in [5.41, 5.74) is -0.282. The quantitative estimate of drug-likeness (QED) is 0.378. The second-order valence-electron chi connectivity index (χ2n) is 6.38. The number of aryl methyl sites for hydroxylation is 1. The number of ether oxygens (including phenoxy) is 1. The van der Waals surface area contributed by atoms with Crippen LogP contribution in [-0.4, -0.2) is 33.5 Å². The second-order valence-corrected chi connectivity index (χ2v) is 6.38. The van der Waals surface area contributed by atoms with Gasteiger partial charge in [-0.25, -0.2) is 14.2 Å². The van der Waals surface area contributed by atoms with E-state index in [1.54, 1.807) is 23.9 Å². The summed E-state index contributed by atoms with van der Waals surface area (Å²) >= 11 is 0. The Kier molecular flexibility index (Phi) is 5.86. The fourth-order valence-electron chi connectivity index (χ4n) is 2.94. The van der Waals surface area contributed by atoms with E-state index in [2.05, 4.69) is 15.0 Å². The number of aromatic nitrogens is 2. The standard InChI is InChI=1S/C20H17FN4O5/c1-24-7-6-22-18(24)17(12-4-3-5-15(21)9-12)23-19(26)13-8-14(20(27)30-2)11-16(10-13)25(28)29/h3-11,17H,1-2H3,(H,23,26). The molecule has 0 spiro atoms. The van der Waals surface area contributed by atoms with Crippen molar-refractivity contribution in [3.63, 3.8) is 0 Å². The van der Waals surface area contributed by atoms with Gasteiger partial charge in [0, 0.05) is 37.1 Å². The highest BCUT2D eigenvalue weighted by atomic mass is 19.1. The number of rotatable bonds is 6. The molecule has 0 aliphatic carbocycles. The van der Waals surface area contributed by atoms with Crippen LogP contribution >= 0.6 is 0 Å². The van der Waals surface area contributed by atoms with Crippen molar-refractivity contribution in [2.45, 2.75) is 6.04 Å². The number of nitro groups is 1. The van der Waals surface area contributed by atoms with Gasteiger partial charge in [-0.1, -0.05) is 12.1 Å². The van der Waals surface area contributed by atoms with E-state index < -0.39 is 34.3 Å². The predicted molar refractivity (Wildman–Crippen MR) is 103 cm³/mol. The number of benzene rings is 2. The van der Waals surface area contributed by atoms with Crippen LogP contribution in [0.5, 0.6) is 0 Å². The van der Waals surface area contributed by atoms with E-state index in [1.165, 1.54) is 30.5 Å². The van der Waals surface area contributed by atoms with E-state index in [0.717, 1.165) is 19.2 Å². The number of hydrogen-bond acceptors (Lipinski definition) is 6. The van der Waals surface area contributed by atoms with Gasteiger partial charge in [-0.3, -0.25) is 14.9 Å². The lowest BCUT2D eigenvalue weighted by Gasteiger charge is -2.19. The van der Waals surface area contributed by atoms with E-state index in [1.807, 2.05) is 0 Å². The monoisotopic (exact) mass is 412 g/mol. The number of methoxy groups -OCH3 is 1. The number of imidazole rings is 1. The first-order valence-electron chi connectivity index (χ1n) is 8.71. The van der Waals surface area contributed by atoms with Crippen LogP contribution in [-0.2, 0) is 11.8 Å². The third-order valence-electron chi connectivity index (χ3n) is 4.39. The Morgan fingerprint density at radius 2 is 1.97 bits per heavy atom. The summed E-state index contributed by atoms with van der Waals surface area (Å²) < 4.78 is 20.0. The Balaban J connectivity index is 2.02. The zero-order valence-corrected chi connectivity index (χ0v) is 16.0. The van der Waals surface area contributed by atoms with Gasteiger partial charge in [0.25, 0.3) is 11.6 Å². The molecule has 1 amide bonds. The van der Waals surface area contributed by atoms with E-state index in [0.29, 0.717) is 11.4 Å². The van der Waals surface area contributed by atoms with Crippen molar-refractivity contribution in [2.75, 3.05) is 7.11 Å². The number of carbonyl (C=O) groups excluding carboxylic acids is 2. The van der Waals surface area contributed by atoms with Gasteiger partial charge in [-0.2, -0.15) is 0 Å². The molecule has 3 aromatic rings. The minimum atomic E-state index is -0.839. The van der Waals surface area contributed by atoms with Gasteiger partial charge >= 0.3 is 5.97 Å². The highest BCUT2D eigenvalue weighted by Crippen LogP contribution is 2.23. The zero-order valence-electron chi connectivity index (χ0n) is 16.0. The molecule has 1 atom stereocenters. The van der Waals surface area contributed by atoms with Crippen molar-refractivity contribution in [3.05, 3.63) is 93.3 Å². The fourth-order valence-corrected chi connectivity index (χ4v) is 2.94. The van der Waals surface area contributed by atoms with Crippen LogP contribution < -0.4 is 5.32 Å². The summed E-state index contributed by atoms with van der Waals surface area (Å²) in [4.78, 5) is 39.5. The van der Waals surface area contributed by atoms with Crippen LogP contribution in [0.4, 0.5) is 10.1 Å². The number of non-ortho nitro benzene ring substituents is 1. The van der Waals surface area contributed by atoms with Gasteiger partial charge in [-0.15, -0.1) is 0 Å². The van der Waals surface area contributed by atoms with Crippen molar-refractivity contribution in [1.29, 1.82) is 0 Å². The molecule has 0 radical (unpaired) electrons. The first kappa shape index (κ1) is 20.6. The number of nitrogens with zero attached hydrogens (tertiary/aromatic N) is 3. The van der Waals surface area contributed by atoms with E-state index in [4.69, 9.17) is 0 Å². The largest absolute Gasteiger partial charge is 0.465 e. The first-order valence-corrected chi connectivity index (χ1v) is 8.71. The Hall–Kier alpha value is -4.08. The predicted octanol–water partition coefficient (Wildman–Crippen LogP) is 2.77. The van der Waals surface area contributed by atoms with E-state index >= 15 is 0 Å². The summed E-state index contributed by atoms with van der Waals surface area (Å²) in [5.74, 6) is -1.60. The van der Waals surface area contributed by atoms with Crippen LogP contribution in [0.15, 0.2) is 54.9 Å². The molecular weight excluding hydrogens is 395 g/mol. The number of nitrogens with one attached hydrogen (secondary N) is 1. The van der Waals surface area contributed by atoms with Crippen LogP contribution in [0.2, 0.25) is 0 Å². The van der Waals surface area contributed by atoms with Gasteiger partial charge in [0.1, 0.15) is 17.7 Å². The topological polar surface area (TPSA) is 116 Å². The van der Waals surface area contributed by atoms with Gasteiger partial charge in [0.2, 0.25) is 0 Å². The molecule has 0 bridgehead atoms.